The summed E-state index contributed by atoms with van der Waals surface area (Å²) < 4.78 is 0. The highest BCUT2D eigenvalue weighted by molar-refractivity contribution is 5.30. The van der Waals surface area contributed by atoms with Crippen molar-refractivity contribution in [1.29, 1.82) is 0 Å². The predicted octanol–water partition coefficient (Wildman–Crippen LogP) is 2.39. The minimum Gasteiger partial charge on any atom is -0.313 e. The minimum absolute atomic E-state index is 0.551. The van der Waals surface area contributed by atoms with Gasteiger partial charge in [-0.15, -0.1) is 0 Å². The summed E-state index contributed by atoms with van der Waals surface area (Å²) in [5, 5.41) is 3.57. The monoisotopic (exact) mass is 234 g/mol. The largest absolute Gasteiger partial charge is 0.313 e. The van der Waals surface area contributed by atoms with E-state index < -0.39 is 0 Å². The topological polar surface area (TPSA) is 15.3 Å². The number of benzene rings is 1. The average molecular weight is 234 g/mol. The third kappa shape index (κ3) is 5.33. The molecule has 0 aromatic heterocycles. The second-order valence-corrected chi connectivity index (χ2v) is 5.30. The standard InChI is InChI=1S/C15H26N2/c1-12-6-7-13(2)15(10-12)8-9-16-14(3)11-17(4)5/h6-7,10,14,16H,8-9,11H2,1-5H3. The molecule has 96 valence electrons. The van der Waals surface area contributed by atoms with E-state index in [-0.39, 0.29) is 0 Å². The Labute approximate surface area is 106 Å². The Morgan fingerprint density at radius 3 is 2.59 bits per heavy atom. The number of nitrogens with zero attached hydrogens (tertiary/aromatic N) is 1. The van der Waals surface area contributed by atoms with Crippen molar-refractivity contribution in [2.75, 3.05) is 27.2 Å². The first-order chi connectivity index (χ1) is 7.99. The molecule has 2 heteroatoms. The van der Waals surface area contributed by atoms with Crippen LogP contribution in [-0.4, -0.2) is 38.1 Å². The summed E-state index contributed by atoms with van der Waals surface area (Å²) in [6.07, 6.45) is 1.12. The maximum Gasteiger partial charge on any atom is 0.0166 e. The molecule has 1 N–H and O–H groups in total. The summed E-state index contributed by atoms with van der Waals surface area (Å²) in [6.45, 7) is 8.73. The van der Waals surface area contributed by atoms with E-state index in [1.54, 1.807) is 0 Å². The van der Waals surface area contributed by atoms with Gasteiger partial charge in [0.2, 0.25) is 0 Å². The molecule has 0 spiro atoms. The maximum absolute atomic E-state index is 3.57. The lowest BCUT2D eigenvalue weighted by Crippen LogP contribution is -2.36. The summed E-state index contributed by atoms with van der Waals surface area (Å²) in [4.78, 5) is 2.22. The lowest BCUT2D eigenvalue weighted by molar-refractivity contribution is 0.351. The van der Waals surface area contributed by atoms with Crippen molar-refractivity contribution < 1.29 is 0 Å². The van der Waals surface area contributed by atoms with Crippen LogP contribution in [0.2, 0.25) is 0 Å². The summed E-state index contributed by atoms with van der Waals surface area (Å²) in [7, 11) is 4.23. The lowest BCUT2D eigenvalue weighted by Gasteiger charge is -2.18. The number of rotatable bonds is 6. The van der Waals surface area contributed by atoms with Gasteiger partial charge in [0.25, 0.3) is 0 Å². The normalized spacial score (nSPS) is 13.1. The van der Waals surface area contributed by atoms with Gasteiger partial charge in [-0.2, -0.15) is 0 Å². The maximum atomic E-state index is 3.57. The van der Waals surface area contributed by atoms with E-state index >= 15 is 0 Å². The van der Waals surface area contributed by atoms with Gasteiger partial charge in [0, 0.05) is 12.6 Å². The Bertz CT molecular complexity index is 345. The van der Waals surface area contributed by atoms with Gasteiger partial charge in [-0.05, 0) is 59.0 Å². The number of hydrogen-bond donors (Lipinski definition) is 1. The van der Waals surface area contributed by atoms with Crippen molar-refractivity contribution in [2.45, 2.75) is 33.2 Å². The fourth-order valence-corrected chi connectivity index (χ4v) is 2.14. The minimum atomic E-state index is 0.551. The van der Waals surface area contributed by atoms with E-state index in [4.69, 9.17) is 0 Å². The zero-order chi connectivity index (χ0) is 12.8. The summed E-state index contributed by atoms with van der Waals surface area (Å²) in [6, 6.07) is 7.25. The quantitative estimate of drug-likeness (QED) is 0.813. The van der Waals surface area contributed by atoms with Crippen LogP contribution in [0.3, 0.4) is 0 Å². The van der Waals surface area contributed by atoms with Crippen molar-refractivity contribution in [3.05, 3.63) is 34.9 Å². The first-order valence-corrected chi connectivity index (χ1v) is 6.43. The Balaban J connectivity index is 2.38. The first-order valence-electron chi connectivity index (χ1n) is 6.43. The number of likely N-dealkylation sites (N-methyl/N-ethyl adjacent to an activating group) is 1. The molecule has 0 aliphatic rings. The van der Waals surface area contributed by atoms with Crippen LogP contribution < -0.4 is 5.32 Å². The van der Waals surface area contributed by atoms with Crippen LogP contribution >= 0.6 is 0 Å². The Morgan fingerprint density at radius 1 is 1.24 bits per heavy atom. The molecule has 1 rings (SSSR count). The van der Waals surface area contributed by atoms with Gasteiger partial charge < -0.3 is 10.2 Å². The molecule has 0 bridgehead atoms. The smallest absolute Gasteiger partial charge is 0.0166 e. The molecule has 0 amide bonds. The second-order valence-electron chi connectivity index (χ2n) is 5.30. The average Bonchev–Trinajstić information content (AvgIpc) is 2.22. The third-order valence-corrected chi connectivity index (χ3v) is 3.03. The van der Waals surface area contributed by atoms with Crippen molar-refractivity contribution >= 4 is 0 Å². The molecule has 0 saturated carbocycles. The molecule has 1 atom stereocenters. The molecule has 0 saturated heterocycles. The van der Waals surface area contributed by atoms with Crippen LogP contribution in [0.15, 0.2) is 18.2 Å². The number of nitrogens with one attached hydrogen (secondary N) is 1. The molecule has 2 nitrogen and oxygen atoms in total. The van der Waals surface area contributed by atoms with Crippen LogP contribution in [0.1, 0.15) is 23.6 Å². The zero-order valence-corrected chi connectivity index (χ0v) is 11.9. The van der Waals surface area contributed by atoms with Gasteiger partial charge in [0.05, 0.1) is 0 Å². The second kappa shape index (κ2) is 6.77. The van der Waals surface area contributed by atoms with E-state index in [2.05, 4.69) is 63.3 Å². The van der Waals surface area contributed by atoms with Gasteiger partial charge in [0.15, 0.2) is 0 Å². The van der Waals surface area contributed by atoms with Crippen molar-refractivity contribution in [3.8, 4) is 0 Å². The van der Waals surface area contributed by atoms with E-state index in [0.29, 0.717) is 6.04 Å². The SMILES string of the molecule is Cc1ccc(C)c(CCNC(C)CN(C)C)c1. The van der Waals surface area contributed by atoms with Gasteiger partial charge in [0.1, 0.15) is 0 Å². The van der Waals surface area contributed by atoms with Crippen LogP contribution in [0.4, 0.5) is 0 Å². The van der Waals surface area contributed by atoms with E-state index in [1.165, 1.54) is 16.7 Å². The van der Waals surface area contributed by atoms with Crippen molar-refractivity contribution in [1.82, 2.24) is 10.2 Å². The van der Waals surface area contributed by atoms with Gasteiger partial charge in [-0.1, -0.05) is 23.8 Å². The van der Waals surface area contributed by atoms with E-state index in [1.807, 2.05) is 0 Å². The third-order valence-electron chi connectivity index (χ3n) is 3.03. The summed E-state index contributed by atoms with van der Waals surface area (Å²) in [5.74, 6) is 0. The van der Waals surface area contributed by atoms with Crippen LogP contribution in [0.25, 0.3) is 0 Å². The van der Waals surface area contributed by atoms with Crippen LogP contribution in [0.5, 0.6) is 0 Å². The van der Waals surface area contributed by atoms with Gasteiger partial charge in [-0.3, -0.25) is 0 Å². The highest BCUT2D eigenvalue weighted by atomic mass is 15.1. The highest BCUT2D eigenvalue weighted by Crippen LogP contribution is 2.10. The fourth-order valence-electron chi connectivity index (χ4n) is 2.14. The predicted molar refractivity (Wildman–Crippen MR) is 75.6 cm³/mol. The van der Waals surface area contributed by atoms with E-state index in [0.717, 1.165) is 19.5 Å². The van der Waals surface area contributed by atoms with E-state index in [9.17, 15) is 0 Å². The molecule has 1 unspecified atom stereocenters. The molecular formula is C15H26N2. The Hall–Kier alpha value is -0.860. The molecule has 0 aliphatic heterocycles. The Kier molecular flexibility index (Phi) is 5.66. The molecule has 1 aromatic carbocycles. The Morgan fingerprint density at radius 2 is 1.94 bits per heavy atom. The molecule has 0 aliphatic carbocycles. The number of aryl methyl sites for hydroxylation is 2. The summed E-state index contributed by atoms with van der Waals surface area (Å²) >= 11 is 0. The van der Waals surface area contributed by atoms with Gasteiger partial charge in [-0.25, -0.2) is 0 Å². The van der Waals surface area contributed by atoms with Gasteiger partial charge >= 0.3 is 0 Å². The molecule has 17 heavy (non-hydrogen) atoms. The van der Waals surface area contributed by atoms with Crippen molar-refractivity contribution in [3.63, 3.8) is 0 Å². The lowest BCUT2D eigenvalue weighted by atomic mass is 10.0. The molecule has 0 heterocycles. The van der Waals surface area contributed by atoms with Crippen LogP contribution in [-0.2, 0) is 6.42 Å². The van der Waals surface area contributed by atoms with Crippen molar-refractivity contribution in [2.24, 2.45) is 0 Å². The molecule has 1 aromatic rings. The first kappa shape index (κ1) is 14.2. The zero-order valence-electron chi connectivity index (χ0n) is 11.9. The number of hydrogen-bond acceptors (Lipinski definition) is 2. The molecule has 0 fully saturated rings. The highest BCUT2D eigenvalue weighted by Gasteiger charge is 2.03. The summed E-state index contributed by atoms with van der Waals surface area (Å²) in [5.41, 5.74) is 4.22. The molecule has 0 radical (unpaired) electrons. The van der Waals surface area contributed by atoms with Crippen LogP contribution in [0, 0.1) is 13.8 Å². The molecular weight excluding hydrogens is 208 g/mol. The fraction of sp³-hybridized carbons (Fsp3) is 0.600.